The summed E-state index contributed by atoms with van der Waals surface area (Å²) in [5.41, 5.74) is -0.154. The highest BCUT2D eigenvalue weighted by Gasteiger charge is 2.22. The van der Waals surface area contributed by atoms with Crippen LogP contribution in [0.5, 0.6) is 0 Å². The average molecular weight is 346 g/mol. The molecular weight excluding hydrogens is 325 g/mol. The van der Waals surface area contributed by atoms with Crippen molar-refractivity contribution in [1.29, 1.82) is 0 Å². The quantitative estimate of drug-likeness (QED) is 0.534. The Hall–Kier alpha value is -0.330. The minimum absolute atomic E-state index is 0.154. The van der Waals surface area contributed by atoms with Gasteiger partial charge in [-0.2, -0.15) is 0 Å². The molecule has 0 aromatic heterocycles. The van der Waals surface area contributed by atoms with Crippen molar-refractivity contribution in [2.24, 2.45) is 0 Å². The molecule has 0 aromatic carbocycles. The standard InChI is InChI=1S/C12H21Cl3N3O2/c1-5-16(6-2)12(17(7-3)8-4)10(18(19)20)9(13)11(14)15/h19H,5-8H2,1-4H3/q-1. The fourth-order valence-corrected chi connectivity index (χ4v) is 2.24. The highest BCUT2D eigenvalue weighted by molar-refractivity contribution is 6.59. The molecule has 0 rings (SSSR count). The summed E-state index contributed by atoms with van der Waals surface area (Å²) < 4.78 is -0.270. The maximum Gasteiger partial charge on any atom is 0.131 e. The number of allylic oxidation sites excluding steroid dienone is 1. The molecule has 0 aliphatic carbocycles. The van der Waals surface area contributed by atoms with Crippen molar-refractivity contribution in [1.82, 2.24) is 15.0 Å². The highest BCUT2D eigenvalue weighted by atomic mass is 35.5. The Labute approximate surface area is 135 Å². The van der Waals surface area contributed by atoms with E-state index in [0.29, 0.717) is 32.0 Å². The molecule has 5 nitrogen and oxygen atoms in total. The minimum atomic E-state index is -0.293. The third-order valence-electron chi connectivity index (χ3n) is 2.90. The van der Waals surface area contributed by atoms with Gasteiger partial charge >= 0.3 is 0 Å². The zero-order chi connectivity index (χ0) is 15.9. The number of nitrogens with zero attached hydrogens (tertiary/aromatic N) is 3. The van der Waals surface area contributed by atoms with E-state index in [9.17, 15) is 10.4 Å². The largest absolute Gasteiger partial charge is 0.733 e. The second-order valence-corrected chi connectivity index (χ2v) is 5.19. The van der Waals surface area contributed by atoms with Crippen molar-refractivity contribution in [3.63, 3.8) is 0 Å². The van der Waals surface area contributed by atoms with Crippen LogP contribution in [0, 0.1) is 5.21 Å². The number of halogens is 3. The Morgan fingerprint density at radius 1 is 0.900 bits per heavy atom. The molecule has 0 aromatic rings. The lowest BCUT2D eigenvalue weighted by Crippen LogP contribution is -2.38. The zero-order valence-corrected chi connectivity index (χ0v) is 14.4. The lowest BCUT2D eigenvalue weighted by atomic mass is 10.3. The molecular formula is C12H21Cl3N3O2-. The van der Waals surface area contributed by atoms with E-state index in [1.807, 2.05) is 37.5 Å². The third-order valence-corrected chi connectivity index (χ3v) is 3.84. The Kier molecular flexibility index (Phi) is 9.42. The first-order valence-corrected chi connectivity index (χ1v) is 7.60. The second kappa shape index (κ2) is 9.58. The van der Waals surface area contributed by atoms with Crippen LogP contribution in [-0.4, -0.2) is 46.4 Å². The fourth-order valence-electron chi connectivity index (χ4n) is 1.90. The van der Waals surface area contributed by atoms with Crippen LogP contribution >= 0.6 is 34.8 Å². The van der Waals surface area contributed by atoms with Crippen molar-refractivity contribution in [2.45, 2.75) is 27.7 Å². The van der Waals surface area contributed by atoms with Crippen molar-refractivity contribution in [3.8, 4) is 0 Å². The maximum atomic E-state index is 11.5. The predicted octanol–water partition coefficient (Wildman–Crippen LogP) is 3.91. The van der Waals surface area contributed by atoms with Crippen molar-refractivity contribution < 1.29 is 5.21 Å². The van der Waals surface area contributed by atoms with Gasteiger partial charge < -0.3 is 20.2 Å². The van der Waals surface area contributed by atoms with Gasteiger partial charge in [0.05, 0.1) is 5.03 Å². The Morgan fingerprint density at radius 2 is 1.25 bits per heavy atom. The van der Waals surface area contributed by atoms with Crippen LogP contribution in [0.1, 0.15) is 27.7 Å². The molecule has 0 atom stereocenters. The molecule has 0 radical (unpaired) electrons. The maximum absolute atomic E-state index is 11.5. The van der Waals surface area contributed by atoms with Gasteiger partial charge in [-0.25, -0.2) is 0 Å². The SMILES string of the molecule is CCN(CC)C(=C(C(Cl)=C(Cl)Cl)N([O-])O)N(CC)CC. The molecule has 118 valence electrons. The van der Waals surface area contributed by atoms with Gasteiger partial charge in [0.1, 0.15) is 16.0 Å². The van der Waals surface area contributed by atoms with Crippen LogP contribution in [0.15, 0.2) is 21.0 Å². The van der Waals surface area contributed by atoms with Crippen LogP contribution in [-0.2, 0) is 0 Å². The van der Waals surface area contributed by atoms with E-state index in [1.54, 1.807) is 0 Å². The summed E-state index contributed by atoms with van der Waals surface area (Å²) >= 11 is 17.3. The first-order valence-electron chi connectivity index (χ1n) is 6.46. The van der Waals surface area contributed by atoms with Crippen LogP contribution in [0.2, 0.25) is 0 Å². The molecule has 8 heteroatoms. The van der Waals surface area contributed by atoms with E-state index in [4.69, 9.17) is 34.8 Å². The summed E-state index contributed by atoms with van der Waals surface area (Å²) in [5.74, 6) is 0.501. The smallest absolute Gasteiger partial charge is 0.131 e. The number of hydroxylamine groups is 2. The van der Waals surface area contributed by atoms with Gasteiger partial charge in [0.25, 0.3) is 0 Å². The van der Waals surface area contributed by atoms with Crippen LogP contribution in [0.4, 0.5) is 0 Å². The van der Waals surface area contributed by atoms with Gasteiger partial charge in [0, 0.05) is 26.2 Å². The second-order valence-electron chi connectivity index (χ2n) is 3.86. The van der Waals surface area contributed by atoms with E-state index >= 15 is 0 Å². The predicted molar refractivity (Wildman–Crippen MR) is 84.4 cm³/mol. The molecule has 1 N–H and O–H groups in total. The molecule has 0 saturated heterocycles. The van der Waals surface area contributed by atoms with Crippen LogP contribution in [0.25, 0.3) is 0 Å². The molecule has 0 aliphatic heterocycles. The summed E-state index contributed by atoms with van der Waals surface area (Å²) in [4.78, 5) is 3.81. The summed E-state index contributed by atoms with van der Waals surface area (Å²) in [6.45, 7) is 10.3. The molecule has 0 bridgehead atoms. The fraction of sp³-hybridized carbons (Fsp3) is 0.667. The molecule has 0 fully saturated rings. The number of hydrogen-bond donors (Lipinski definition) is 1. The van der Waals surface area contributed by atoms with E-state index in [0.717, 1.165) is 0 Å². The minimum Gasteiger partial charge on any atom is -0.733 e. The highest BCUT2D eigenvalue weighted by Crippen LogP contribution is 2.31. The molecule has 0 amide bonds. The monoisotopic (exact) mass is 344 g/mol. The average Bonchev–Trinajstić information content (AvgIpc) is 2.40. The normalized spacial score (nSPS) is 10.1. The van der Waals surface area contributed by atoms with E-state index < -0.39 is 0 Å². The Bertz CT molecular complexity index is 347. The van der Waals surface area contributed by atoms with Gasteiger partial charge in [-0.1, -0.05) is 34.8 Å². The number of hydrogen-bond acceptors (Lipinski definition) is 5. The van der Waals surface area contributed by atoms with Crippen molar-refractivity contribution in [3.05, 3.63) is 26.2 Å². The van der Waals surface area contributed by atoms with Crippen molar-refractivity contribution in [2.75, 3.05) is 26.2 Å². The van der Waals surface area contributed by atoms with Crippen molar-refractivity contribution >= 4 is 34.8 Å². The van der Waals surface area contributed by atoms with Gasteiger partial charge in [-0.05, 0) is 27.7 Å². The first-order chi connectivity index (χ1) is 9.35. The van der Waals surface area contributed by atoms with Gasteiger partial charge in [0.15, 0.2) is 0 Å². The molecule has 0 spiro atoms. The molecule has 0 aliphatic rings. The van der Waals surface area contributed by atoms with Gasteiger partial charge in [0.2, 0.25) is 0 Å². The number of rotatable bonds is 8. The van der Waals surface area contributed by atoms with Gasteiger partial charge in [-0.15, -0.1) is 0 Å². The Balaban J connectivity index is 6.21. The summed E-state index contributed by atoms with van der Waals surface area (Å²) in [5, 5.41) is 20.5. The van der Waals surface area contributed by atoms with Gasteiger partial charge in [-0.3, -0.25) is 5.21 Å². The van der Waals surface area contributed by atoms with E-state index in [-0.39, 0.29) is 20.4 Å². The first kappa shape index (κ1) is 19.7. The third kappa shape index (κ3) is 4.90. The van der Waals surface area contributed by atoms with Crippen LogP contribution in [0.3, 0.4) is 0 Å². The zero-order valence-electron chi connectivity index (χ0n) is 12.2. The molecule has 0 saturated carbocycles. The lowest BCUT2D eigenvalue weighted by molar-refractivity contribution is -0.00688. The van der Waals surface area contributed by atoms with E-state index in [2.05, 4.69) is 0 Å². The Morgan fingerprint density at radius 3 is 1.45 bits per heavy atom. The summed E-state index contributed by atoms with van der Waals surface area (Å²) in [6.07, 6.45) is 0. The lowest BCUT2D eigenvalue weighted by Gasteiger charge is -2.38. The molecule has 0 heterocycles. The van der Waals surface area contributed by atoms with E-state index in [1.165, 1.54) is 0 Å². The topological polar surface area (TPSA) is 53.0 Å². The molecule has 0 unspecified atom stereocenters. The van der Waals surface area contributed by atoms with Crippen LogP contribution < -0.4 is 0 Å². The molecule has 20 heavy (non-hydrogen) atoms. The summed E-state index contributed by atoms with van der Waals surface area (Å²) in [6, 6.07) is 0. The summed E-state index contributed by atoms with van der Waals surface area (Å²) in [7, 11) is 0.